The van der Waals surface area contributed by atoms with Crippen molar-refractivity contribution in [2.24, 2.45) is 4.99 Å². The zero-order valence-corrected chi connectivity index (χ0v) is 14.9. The second kappa shape index (κ2) is 7.59. The van der Waals surface area contributed by atoms with Gasteiger partial charge in [-0.25, -0.2) is 4.99 Å². The Bertz CT molecular complexity index is 818. The molecule has 0 saturated carbocycles. The van der Waals surface area contributed by atoms with Gasteiger partial charge < -0.3 is 10.1 Å². The van der Waals surface area contributed by atoms with Crippen molar-refractivity contribution in [3.05, 3.63) is 58.7 Å². The van der Waals surface area contributed by atoms with Crippen molar-refractivity contribution in [1.82, 2.24) is 5.32 Å². The molecule has 0 unspecified atom stereocenters. The quantitative estimate of drug-likeness (QED) is 0.637. The van der Waals surface area contributed by atoms with Gasteiger partial charge in [0.25, 0.3) is 5.91 Å². The lowest BCUT2D eigenvalue weighted by molar-refractivity contribution is -0.0614. The molecule has 26 heavy (non-hydrogen) atoms. The van der Waals surface area contributed by atoms with E-state index in [9.17, 15) is 18.0 Å². The molecule has 0 fully saturated rings. The van der Waals surface area contributed by atoms with Gasteiger partial charge in [0.1, 0.15) is 5.75 Å². The minimum Gasteiger partial charge on any atom is -0.497 e. The number of halogens is 3. The molecule has 0 atom stereocenters. The Balaban J connectivity index is 2.38. The number of alkyl halides is 3. The van der Waals surface area contributed by atoms with Gasteiger partial charge >= 0.3 is 6.18 Å². The molecular formula is C19H19F3N2O2. The van der Waals surface area contributed by atoms with Crippen LogP contribution in [0.25, 0.3) is 0 Å². The smallest absolute Gasteiger partial charge is 0.449 e. The predicted octanol–water partition coefficient (Wildman–Crippen LogP) is 4.64. The van der Waals surface area contributed by atoms with Crippen LogP contribution < -0.4 is 10.1 Å². The van der Waals surface area contributed by atoms with Crippen LogP contribution in [0.4, 0.5) is 18.9 Å². The van der Waals surface area contributed by atoms with Gasteiger partial charge in [-0.05, 0) is 56.2 Å². The van der Waals surface area contributed by atoms with E-state index in [0.29, 0.717) is 16.9 Å². The zero-order valence-electron chi connectivity index (χ0n) is 14.9. The third-order valence-corrected chi connectivity index (χ3v) is 3.71. The Labute approximate surface area is 149 Å². The first-order valence-electron chi connectivity index (χ1n) is 7.81. The van der Waals surface area contributed by atoms with Gasteiger partial charge in [0.2, 0.25) is 5.84 Å². The maximum absolute atomic E-state index is 13.4. The number of nitrogens with zero attached hydrogens (tertiary/aromatic N) is 1. The van der Waals surface area contributed by atoms with E-state index < -0.39 is 17.9 Å². The van der Waals surface area contributed by atoms with Crippen molar-refractivity contribution in [3.63, 3.8) is 0 Å². The summed E-state index contributed by atoms with van der Waals surface area (Å²) in [4.78, 5) is 15.9. The third-order valence-electron chi connectivity index (χ3n) is 3.71. The number of carbonyl (C=O) groups is 1. The summed E-state index contributed by atoms with van der Waals surface area (Å²) in [6.07, 6.45) is -4.80. The number of nitrogens with one attached hydrogen (secondary N) is 1. The predicted molar refractivity (Wildman–Crippen MR) is 94.3 cm³/mol. The maximum Gasteiger partial charge on any atom is 0.449 e. The second-order valence-electron chi connectivity index (χ2n) is 5.89. The Hall–Kier alpha value is -2.83. The summed E-state index contributed by atoms with van der Waals surface area (Å²) in [5.74, 6) is -1.75. The first-order chi connectivity index (χ1) is 12.1. The Morgan fingerprint density at radius 3 is 2.04 bits per heavy atom. The lowest BCUT2D eigenvalue weighted by Crippen LogP contribution is -2.40. The molecule has 2 aromatic rings. The van der Waals surface area contributed by atoms with Crippen molar-refractivity contribution >= 4 is 17.4 Å². The molecule has 0 aliphatic heterocycles. The molecule has 0 aliphatic rings. The zero-order chi connectivity index (χ0) is 19.5. The lowest BCUT2D eigenvalue weighted by Gasteiger charge is -2.14. The molecule has 0 heterocycles. The molecule has 7 heteroatoms. The average molecular weight is 364 g/mol. The van der Waals surface area contributed by atoms with Gasteiger partial charge in [0, 0.05) is 5.56 Å². The number of hydrogen-bond donors (Lipinski definition) is 1. The van der Waals surface area contributed by atoms with Crippen LogP contribution in [0.1, 0.15) is 27.0 Å². The fraction of sp³-hybridized carbons (Fsp3) is 0.263. The van der Waals surface area contributed by atoms with Gasteiger partial charge in [-0.15, -0.1) is 0 Å². The summed E-state index contributed by atoms with van der Waals surface area (Å²) in [5, 5.41) is 1.87. The van der Waals surface area contributed by atoms with Gasteiger partial charge in [0.15, 0.2) is 0 Å². The number of methoxy groups -OCH3 is 1. The van der Waals surface area contributed by atoms with Crippen molar-refractivity contribution in [3.8, 4) is 5.75 Å². The molecule has 0 radical (unpaired) electrons. The number of amidine groups is 1. The van der Waals surface area contributed by atoms with Crippen LogP contribution >= 0.6 is 0 Å². The minimum absolute atomic E-state index is 0.0695. The monoisotopic (exact) mass is 364 g/mol. The minimum atomic E-state index is -4.80. The van der Waals surface area contributed by atoms with Crippen molar-refractivity contribution in [2.45, 2.75) is 26.9 Å². The summed E-state index contributed by atoms with van der Waals surface area (Å²) >= 11 is 0. The Morgan fingerprint density at radius 1 is 1.04 bits per heavy atom. The molecule has 0 bridgehead atoms. The molecule has 2 rings (SSSR count). The van der Waals surface area contributed by atoms with Crippen LogP contribution in [0, 0.1) is 20.8 Å². The van der Waals surface area contributed by atoms with Crippen LogP contribution in [0.5, 0.6) is 5.75 Å². The molecular weight excluding hydrogens is 345 g/mol. The number of benzene rings is 2. The van der Waals surface area contributed by atoms with Crippen molar-refractivity contribution < 1.29 is 22.7 Å². The molecule has 0 aromatic heterocycles. The number of aryl methyl sites for hydroxylation is 3. The van der Waals surface area contributed by atoms with Gasteiger partial charge in [0.05, 0.1) is 12.8 Å². The molecule has 1 amide bonds. The first kappa shape index (κ1) is 19.5. The van der Waals surface area contributed by atoms with Crippen LogP contribution in [0.15, 0.2) is 41.4 Å². The van der Waals surface area contributed by atoms with E-state index in [1.165, 1.54) is 31.4 Å². The normalized spacial score (nSPS) is 12.0. The van der Waals surface area contributed by atoms with E-state index in [2.05, 4.69) is 4.99 Å². The van der Waals surface area contributed by atoms with Crippen molar-refractivity contribution in [1.29, 1.82) is 0 Å². The highest BCUT2D eigenvalue weighted by Crippen LogP contribution is 2.28. The van der Waals surface area contributed by atoms with E-state index in [4.69, 9.17) is 4.74 Å². The summed E-state index contributed by atoms with van der Waals surface area (Å²) in [6.45, 7) is 5.21. The van der Waals surface area contributed by atoms with E-state index in [-0.39, 0.29) is 11.3 Å². The van der Waals surface area contributed by atoms with Crippen LogP contribution in [-0.4, -0.2) is 25.0 Å². The highest BCUT2D eigenvalue weighted by molar-refractivity contribution is 6.08. The van der Waals surface area contributed by atoms with Gasteiger partial charge in [-0.1, -0.05) is 17.7 Å². The van der Waals surface area contributed by atoms with Crippen LogP contribution in [0.2, 0.25) is 0 Å². The largest absolute Gasteiger partial charge is 0.497 e. The fourth-order valence-electron chi connectivity index (χ4n) is 2.54. The van der Waals surface area contributed by atoms with Gasteiger partial charge in [-0.2, -0.15) is 13.2 Å². The fourth-order valence-corrected chi connectivity index (χ4v) is 2.54. The molecule has 4 nitrogen and oxygen atoms in total. The molecule has 0 aliphatic carbocycles. The number of amides is 1. The molecule has 0 saturated heterocycles. The second-order valence-corrected chi connectivity index (χ2v) is 5.89. The summed E-state index contributed by atoms with van der Waals surface area (Å²) < 4.78 is 45.1. The standard InChI is InChI=1S/C19H19F3N2O2/c1-11-9-12(2)16(13(3)10-11)23-18(19(20,21)22)24-17(25)14-5-7-15(26-4)8-6-14/h5-10H,1-4H3,(H,23,24,25). The summed E-state index contributed by atoms with van der Waals surface area (Å²) in [5.41, 5.74) is 2.39. The third kappa shape index (κ3) is 4.62. The van der Waals surface area contributed by atoms with E-state index in [0.717, 1.165) is 5.56 Å². The van der Waals surface area contributed by atoms with E-state index in [1.54, 1.807) is 26.0 Å². The average Bonchev–Trinajstić information content (AvgIpc) is 2.55. The number of carbonyl (C=O) groups excluding carboxylic acids is 1. The Kier molecular flexibility index (Phi) is 5.69. The number of rotatable bonds is 3. The van der Waals surface area contributed by atoms with Crippen LogP contribution in [-0.2, 0) is 0 Å². The van der Waals surface area contributed by atoms with Crippen LogP contribution in [0.3, 0.4) is 0 Å². The summed E-state index contributed by atoms with van der Waals surface area (Å²) in [6, 6.07) is 9.23. The summed E-state index contributed by atoms with van der Waals surface area (Å²) in [7, 11) is 1.45. The highest BCUT2D eigenvalue weighted by atomic mass is 19.4. The number of hydrogen-bond acceptors (Lipinski definition) is 3. The van der Waals surface area contributed by atoms with Gasteiger partial charge in [-0.3, -0.25) is 4.79 Å². The molecule has 138 valence electrons. The SMILES string of the molecule is COc1ccc(C(=O)NC(=Nc2c(C)cc(C)cc2C)C(F)(F)F)cc1. The number of aliphatic imine (C=N–C) groups is 1. The topological polar surface area (TPSA) is 50.7 Å². The maximum atomic E-state index is 13.4. The molecule has 0 spiro atoms. The molecule has 2 aromatic carbocycles. The van der Waals surface area contributed by atoms with E-state index in [1.807, 2.05) is 12.2 Å². The molecule has 1 N–H and O–H groups in total. The first-order valence-corrected chi connectivity index (χ1v) is 7.81. The highest BCUT2D eigenvalue weighted by Gasteiger charge is 2.37. The van der Waals surface area contributed by atoms with E-state index >= 15 is 0 Å². The Morgan fingerprint density at radius 2 is 1.58 bits per heavy atom. The number of ether oxygens (including phenoxy) is 1. The van der Waals surface area contributed by atoms with Crippen molar-refractivity contribution in [2.75, 3.05) is 7.11 Å². The lowest BCUT2D eigenvalue weighted by atomic mass is 10.1.